The van der Waals surface area contributed by atoms with Crippen LogP contribution in [0, 0.1) is 9.49 Å². The number of nitrogens with one attached hydrogen (secondary N) is 1. The van der Waals surface area contributed by atoms with E-state index < -0.39 is 0 Å². The van der Waals surface area contributed by atoms with E-state index in [1.807, 2.05) is 0 Å². The average Bonchev–Trinajstić information content (AvgIpc) is 2.47. The Kier molecular flexibility index (Phi) is 5.80. The van der Waals surface area contributed by atoms with Crippen molar-refractivity contribution < 1.29 is 9.53 Å². The zero-order valence-corrected chi connectivity index (χ0v) is 15.2. The molecule has 2 rings (SSSR count). The normalized spacial score (nSPS) is 15.7. The van der Waals surface area contributed by atoms with Crippen molar-refractivity contribution in [3.63, 3.8) is 0 Å². The number of carbonyl (C=O) groups excluding carboxylic acids is 1. The molecule has 114 valence electrons. The third-order valence-electron chi connectivity index (χ3n) is 3.71. The molecule has 0 aliphatic carbocycles. The smallest absolute Gasteiger partial charge is 0.257 e. The lowest BCUT2D eigenvalue weighted by Crippen LogP contribution is -2.46. The summed E-state index contributed by atoms with van der Waals surface area (Å²) in [7, 11) is 1.61. The second-order valence-electron chi connectivity index (χ2n) is 5.28. The highest BCUT2D eigenvalue weighted by Gasteiger charge is 2.19. The third kappa shape index (κ3) is 4.29. The number of thiocarbonyl (C=S) groups is 1. The Bertz CT molecular complexity index is 542. The molecular weight excluding hydrogens is 399 g/mol. The van der Waals surface area contributed by atoms with Gasteiger partial charge in [0.1, 0.15) is 5.75 Å². The van der Waals surface area contributed by atoms with Crippen molar-refractivity contribution in [1.82, 2.24) is 10.2 Å². The summed E-state index contributed by atoms with van der Waals surface area (Å²) in [6, 6.07) is 5.34. The molecule has 6 heteroatoms. The molecule has 1 aromatic carbocycles. The van der Waals surface area contributed by atoms with Crippen molar-refractivity contribution in [1.29, 1.82) is 0 Å². The molecule has 1 aliphatic rings. The van der Waals surface area contributed by atoms with Crippen LogP contribution in [0.2, 0.25) is 0 Å². The van der Waals surface area contributed by atoms with E-state index in [1.54, 1.807) is 25.3 Å². The highest BCUT2D eigenvalue weighted by Crippen LogP contribution is 2.21. The van der Waals surface area contributed by atoms with Crippen molar-refractivity contribution >= 4 is 45.8 Å². The molecule has 1 N–H and O–H groups in total. The molecular formula is C15H19IN2O2S. The molecule has 1 saturated heterocycles. The molecule has 1 aliphatic heterocycles. The standard InChI is InChI=1S/C15H19IN2O2S/c1-10-5-7-18(8-6-10)15(21)17-14(19)11-3-4-13(20-2)12(16)9-11/h3-4,9-10H,5-8H2,1-2H3,(H,17,19,21). The first-order chi connectivity index (χ1) is 10.0. The second-order valence-corrected chi connectivity index (χ2v) is 6.83. The number of halogens is 1. The number of piperidine rings is 1. The Balaban J connectivity index is 1.97. The van der Waals surface area contributed by atoms with Crippen LogP contribution in [0.25, 0.3) is 0 Å². The van der Waals surface area contributed by atoms with E-state index in [1.165, 1.54) is 0 Å². The van der Waals surface area contributed by atoms with Gasteiger partial charge in [-0.15, -0.1) is 0 Å². The van der Waals surface area contributed by atoms with Gasteiger partial charge >= 0.3 is 0 Å². The van der Waals surface area contributed by atoms with Crippen LogP contribution in [0.1, 0.15) is 30.1 Å². The third-order valence-corrected chi connectivity index (χ3v) is 4.91. The largest absolute Gasteiger partial charge is 0.496 e. The Hall–Kier alpha value is -0.890. The number of methoxy groups -OCH3 is 1. The molecule has 0 unspecified atom stereocenters. The van der Waals surface area contributed by atoms with Crippen LogP contribution in [-0.4, -0.2) is 36.1 Å². The van der Waals surface area contributed by atoms with Gasteiger partial charge in [0.15, 0.2) is 5.11 Å². The monoisotopic (exact) mass is 418 g/mol. The molecule has 1 aromatic rings. The molecule has 1 heterocycles. The minimum absolute atomic E-state index is 0.167. The fraction of sp³-hybridized carbons (Fsp3) is 0.467. The maximum absolute atomic E-state index is 12.2. The van der Waals surface area contributed by atoms with Gasteiger partial charge in [-0.05, 0) is 71.8 Å². The number of nitrogens with zero attached hydrogens (tertiary/aromatic N) is 1. The predicted molar refractivity (Wildman–Crippen MR) is 95.7 cm³/mol. The van der Waals surface area contributed by atoms with E-state index in [4.69, 9.17) is 17.0 Å². The van der Waals surface area contributed by atoms with Gasteiger partial charge in [0, 0.05) is 18.7 Å². The summed E-state index contributed by atoms with van der Waals surface area (Å²) in [5, 5.41) is 3.35. The van der Waals surface area contributed by atoms with E-state index in [9.17, 15) is 4.79 Å². The first-order valence-corrected chi connectivity index (χ1v) is 8.43. The quantitative estimate of drug-likeness (QED) is 0.592. The molecule has 1 amide bonds. The molecule has 0 atom stereocenters. The lowest BCUT2D eigenvalue weighted by molar-refractivity contribution is 0.0972. The van der Waals surface area contributed by atoms with Crippen molar-refractivity contribution in [2.45, 2.75) is 19.8 Å². The number of hydrogen-bond donors (Lipinski definition) is 1. The molecule has 4 nitrogen and oxygen atoms in total. The zero-order chi connectivity index (χ0) is 15.4. The van der Waals surface area contributed by atoms with Crippen LogP contribution in [0.3, 0.4) is 0 Å². The molecule has 0 radical (unpaired) electrons. The number of rotatable bonds is 2. The van der Waals surface area contributed by atoms with E-state index in [-0.39, 0.29) is 5.91 Å². The van der Waals surface area contributed by atoms with Crippen LogP contribution in [0.5, 0.6) is 5.75 Å². The summed E-state index contributed by atoms with van der Waals surface area (Å²) in [5.74, 6) is 1.34. The average molecular weight is 418 g/mol. The first-order valence-electron chi connectivity index (χ1n) is 6.95. The maximum atomic E-state index is 12.2. The van der Waals surface area contributed by atoms with E-state index in [0.29, 0.717) is 10.7 Å². The Labute approximate surface area is 144 Å². The molecule has 0 aromatic heterocycles. The van der Waals surface area contributed by atoms with Crippen molar-refractivity contribution in [2.24, 2.45) is 5.92 Å². The zero-order valence-electron chi connectivity index (χ0n) is 12.2. The predicted octanol–water partition coefficient (Wildman–Crippen LogP) is 3.05. The van der Waals surface area contributed by atoms with E-state index in [2.05, 4.69) is 39.7 Å². The molecule has 21 heavy (non-hydrogen) atoms. The van der Waals surface area contributed by atoms with Gasteiger partial charge in [-0.2, -0.15) is 0 Å². The van der Waals surface area contributed by atoms with Crippen LogP contribution in [0.15, 0.2) is 18.2 Å². The number of benzene rings is 1. The Morgan fingerprint density at radius 3 is 2.67 bits per heavy atom. The van der Waals surface area contributed by atoms with Gasteiger partial charge in [0.2, 0.25) is 0 Å². The van der Waals surface area contributed by atoms with Gasteiger partial charge < -0.3 is 9.64 Å². The fourth-order valence-corrected chi connectivity index (χ4v) is 3.28. The highest BCUT2D eigenvalue weighted by molar-refractivity contribution is 14.1. The number of amides is 1. The van der Waals surface area contributed by atoms with E-state index >= 15 is 0 Å². The van der Waals surface area contributed by atoms with Gasteiger partial charge in [-0.1, -0.05) is 6.92 Å². The maximum Gasteiger partial charge on any atom is 0.257 e. The molecule has 0 bridgehead atoms. The van der Waals surface area contributed by atoms with Gasteiger partial charge in [0.05, 0.1) is 10.7 Å². The number of likely N-dealkylation sites (tertiary alicyclic amines) is 1. The van der Waals surface area contributed by atoms with Crippen molar-refractivity contribution in [3.05, 3.63) is 27.3 Å². The van der Waals surface area contributed by atoms with Crippen LogP contribution in [-0.2, 0) is 0 Å². The van der Waals surface area contributed by atoms with Gasteiger partial charge in [-0.25, -0.2) is 0 Å². The number of hydrogen-bond acceptors (Lipinski definition) is 3. The second kappa shape index (κ2) is 7.40. The summed E-state index contributed by atoms with van der Waals surface area (Å²) in [4.78, 5) is 14.3. The highest BCUT2D eigenvalue weighted by atomic mass is 127. The lowest BCUT2D eigenvalue weighted by Gasteiger charge is -2.32. The summed E-state index contributed by atoms with van der Waals surface area (Å²) in [6.45, 7) is 4.08. The summed E-state index contributed by atoms with van der Waals surface area (Å²) < 4.78 is 6.10. The van der Waals surface area contributed by atoms with E-state index in [0.717, 1.165) is 41.2 Å². The number of carbonyl (C=O) groups is 1. The van der Waals surface area contributed by atoms with Gasteiger partial charge in [0.25, 0.3) is 5.91 Å². The van der Waals surface area contributed by atoms with Crippen molar-refractivity contribution in [3.8, 4) is 5.75 Å². The lowest BCUT2D eigenvalue weighted by atomic mass is 10.00. The molecule has 1 fully saturated rings. The van der Waals surface area contributed by atoms with Crippen molar-refractivity contribution in [2.75, 3.05) is 20.2 Å². The van der Waals surface area contributed by atoms with Crippen LogP contribution >= 0.6 is 34.8 Å². The summed E-state index contributed by atoms with van der Waals surface area (Å²) >= 11 is 7.49. The summed E-state index contributed by atoms with van der Waals surface area (Å²) in [6.07, 6.45) is 2.24. The SMILES string of the molecule is COc1ccc(C(=O)NC(=S)N2CCC(C)CC2)cc1I. The Morgan fingerprint density at radius 2 is 2.10 bits per heavy atom. The minimum Gasteiger partial charge on any atom is -0.496 e. The Morgan fingerprint density at radius 1 is 1.43 bits per heavy atom. The first kappa shape index (κ1) is 16.5. The summed E-state index contributed by atoms with van der Waals surface area (Å²) in [5.41, 5.74) is 0.591. The van der Waals surface area contributed by atoms with Crippen LogP contribution in [0.4, 0.5) is 0 Å². The van der Waals surface area contributed by atoms with Gasteiger partial charge in [-0.3, -0.25) is 10.1 Å². The topological polar surface area (TPSA) is 41.6 Å². The molecule has 0 spiro atoms. The number of ether oxygens (including phenoxy) is 1. The van der Waals surface area contributed by atoms with Crippen LogP contribution < -0.4 is 10.1 Å². The fourth-order valence-electron chi connectivity index (χ4n) is 2.27. The molecule has 0 saturated carbocycles. The minimum atomic E-state index is -0.167.